The Hall–Kier alpha value is -3.45. The van der Waals surface area contributed by atoms with Gasteiger partial charge >= 0.3 is 0 Å². The molecule has 1 unspecified atom stereocenters. The molecule has 2 aromatic carbocycles. The fraction of sp³-hybridized carbons (Fsp3) is 0.182. The van der Waals surface area contributed by atoms with Crippen molar-refractivity contribution in [2.24, 2.45) is 0 Å². The Labute approximate surface area is 177 Å². The number of aromatic nitrogens is 4. The van der Waals surface area contributed by atoms with Crippen molar-refractivity contribution in [1.82, 2.24) is 19.3 Å². The van der Waals surface area contributed by atoms with Crippen LogP contribution in [0, 0.1) is 0 Å². The normalized spacial score (nSPS) is 15.5. The number of carbonyl (C=O) groups is 1. The van der Waals surface area contributed by atoms with Gasteiger partial charge in [-0.3, -0.25) is 14.2 Å². The molecule has 0 radical (unpaired) electrons. The van der Waals surface area contributed by atoms with Crippen molar-refractivity contribution >= 4 is 34.2 Å². The first-order valence-corrected chi connectivity index (χ1v) is 10.00. The number of amides is 1. The molecule has 0 saturated carbocycles. The van der Waals surface area contributed by atoms with Gasteiger partial charge < -0.3 is 4.90 Å². The van der Waals surface area contributed by atoms with E-state index in [1.54, 1.807) is 27.8 Å². The smallest absolute Gasteiger partial charge is 0.264 e. The highest BCUT2D eigenvalue weighted by molar-refractivity contribution is 6.30. The molecule has 8 heteroatoms. The molecule has 7 nitrogen and oxygen atoms in total. The zero-order valence-electron chi connectivity index (χ0n) is 16.2. The molecule has 3 heterocycles. The molecule has 0 saturated heterocycles. The van der Waals surface area contributed by atoms with Crippen LogP contribution < -0.4 is 10.5 Å². The molecule has 2 aromatic heterocycles. The average molecular weight is 420 g/mol. The first-order valence-electron chi connectivity index (χ1n) is 9.62. The molecule has 0 aliphatic carbocycles. The predicted molar refractivity (Wildman–Crippen MR) is 115 cm³/mol. The maximum Gasteiger partial charge on any atom is 0.264 e. The van der Waals surface area contributed by atoms with E-state index in [1.807, 2.05) is 37.3 Å². The van der Waals surface area contributed by atoms with Gasteiger partial charge in [0.15, 0.2) is 5.65 Å². The van der Waals surface area contributed by atoms with Crippen molar-refractivity contribution in [3.63, 3.8) is 0 Å². The third-order valence-corrected chi connectivity index (χ3v) is 5.62. The Balaban J connectivity index is 1.48. The number of hydrogen-bond acceptors (Lipinski definition) is 4. The number of halogens is 1. The summed E-state index contributed by atoms with van der Waals surface area (Å²) in [6.45, 7) is 1.93. The Morgan fingerprint density at radius 1 is 1.20 bits per heavy atom. The van der Waals surface area contributed by atoms with Crippen molar-refractivity contribution in [1.29, 1.82) is 0 Å². The molecule has 0 bridgehead atoms. The Bertz CT molecular complexity index is 1340. The van der Waals surface area contributed by atoms with Gasteiger partial charge in [0.25, 0.3) is 5.56 Å². The van der Waals surface area contributed by atoms with Crippen molar-refractivity contribution in [2.75, 3.05) is 4.90 Å². The Morgan fingerprint density at radius 3 is 2.87 bits per heavy atom. The summed E-state index contributed by atoms with van der Waals surface area (Å²) in [6.07, 6.45) is 3.68. The molecule has 0 spiro atoms. The van der Waals surface area contributed by atoms with E-state index in [2.05, 4.69) is 10.1 Å². The summed E-state index contributed by atoms with van der Waals surface area (Å²) < 4.78 is 2.90. The summed E-state index contributed by atoms with van der Waals surface area (Å²) in [6, 6.07) is 15.1. The SMILES string of the molecule is CC1Cc2ccccc2N1C(=O)Cn1cnc2c(cnn2-c2cccc(Cl)c2)c1=O. The number of benzene rings is 2. The van der Waals surface area contributed by atoms with Gasteiger partial charge in [-0.25, -0.2) is 9.67 Å². The number of fused-ring (bicyclic) bond motifs is 2. The lowest BCUT2D eigenvalue weighted by Crippen LogP contribution is -2.40. The fourth-order valence-corrected chi connectivity index (χ4v) is 4.21. The van der Waals surface area contributed by atoms with E-state index in [0.717, 1.165) is 17.7 Å². The molecule has 0 fully saturated rings. The minimum Gasteiger partial charge on any atom is -0.307 e. The van der Waals surface area contributed by atoms with Gasteiger partial charge in [-0.1, -0.05) is 35.9 Å². The predicted octanol–water partition coefficient (Wildman–Crippen LogP) is 3.21. The monoisotopic (exact) mass is 419 g/mol. The van der Waals surface area contributed by atoms with Crippen LogP contribution in [0.1, 0.15) is 12.5 Å². The molecular formula is C22H18ClN5O2. The molecular weight excluding hydrogens is 402 g/mol. The van der Waals surface area contributed by atoms with E-state index in [9.17, 15) is 9.59 Å². The summed E-state index contributed by atoms with van der Waals surface area (Å²) in [5, 5.41) is 5.21. The van der Waals surface area contributed by atoms with Crippen molar-refractivity contribution in [2.45, 2.75) is 25.9 Å². The lowest BCUT2D eigenvalue weighted by Gasteiger charge is -2.23. The standard InChI is InChI=1S/C22H18ClN5O2/c1-14-9-15-5-2-3-8-19(15)27(14)20(29)12-26-13-24-21-18(22(26)30)11-25-28(21)17-7-4-6-16(23)10-17/h2-8,10-11,13-14H,9,12H2,1H3. The molecule has 4 aromatic rings. The van der Waals surface area contributed by atoms with Crippen LogP contribution in [0.4, 0.5) is 5.69 Å². The maximum atomic E-state index is 13.0. The van der Waals surface area contributed by atoms with Gasteiger partial charge in [0.2, 0.25) is 5.91 Å². The van der Waals surface area contributed by atoms with Crippen molar-refractivity contribution in [3.8, 4) is 5.69 Å². The second kappa shape index (κ2) is 7.11. The summed E-state index contributed by atoms with van der Waals surface area (Å²) in [5.74, 6) is -0.141. The quantitative estimate of drug-likeness (QED) is 0.511. The van der Waals surface area contributed by atoms with Crippen LogP contribution in [0.2, 0.25) is 5.02 Å². The van der Waals surface area contributed by atoms with Crippen LogP contribution in [0.3, 0.4) is 0 Å². The summed E-state index contributed by atoms with van der Waals surface area (Å²) in [4.78, 5) is 32.2. The number of anilines is 1. The maximum absolute atomic E-state index is 13.0. The van der Waals surface area contributed by atoms with E-state index in [1.165, 1.54) is 17.1 Å². The second-order valence-electron chi connectivity index (χ2n) is 7.40. The van der Waals surface area contributed by atoms with Gasteiger partial charge in [0, 0.05) is 16.8 Å². The van der Waals surface area contributed by atoms with Crippen LogP contribution in [0.25, 0.3) is 16.7 Å². The highest BCUT2D eigenvalue weighted by atomic mass is 35.5. The molecule has 1 amide bonds. The zero-order valence-corrected chi connectivity index (χ0v) is 17.0. The van der Waals surface area contributed by atoms with Crippen LogP contribution in [0.15, 0.2) is 65.8 Å². The van der Waals surface area contributed by atoms with E-state index in [-0.39, 0.29) is 24.1 Å². The van der Waals surface area contributed by atoms with Crippen LogP contribution in [-0.4, -0.2) is 31.3 Å². The molecule has 0 N–H and O–H groups in total. The highest BCUT2D eigenvalue weighted by Gasteiger charge is 2.30. The fourth-order valence-electron chi connectivity index (χ4n) is 4.03. The Morgan fingerprint density at radius 2 is 2.03 bits per heavy atom. The van der Waals surface area contributed by atoms with Gasteiger partial charge in [0.05, 0.1) is 11.9 Å². The number of hydrogen-bond donors (Lipinski definition) is 0. The lowest BCUT2D eigenvalue weighted by atomic mass is 10.1. The minimum absolute atomic E-state index is 0.0490. The summed E-state index contributed by atoms with van der Waals surface area (Å²) in [7, 11) is 0. The topological polar surface area (TPSA) is 73.0 Å². The third kappa shape index (κ3) is 2.98. The van der Waals surface area contributed by atoms with E-state index < -0.39 is 0 Å². The van der Waals surface area contributed by atoms with E-state index >= 15 is 0 Å². The van der Waals surface area contributed by atoms with Crippen molar-refractivity contribution in [3.05, 3.63) is 82.0 Å². The van der Waals surface area contributed by atoms with E-state index in [4.69, 9.17) is 11.6 Å². The number of nitrogens with zero attached hydrogens (tertiary/aromatic N) is 5. The number of para-hydroxylation sites is 1. The first kappa shape index (κ1) is 18.6. The summed E-state index contributed by atoms with van der Waals surface area (Å²) >= 11 is 6.07. The zero-order chi connectivity index (χ0) is 20.8. The summed E-state index contributed by atoms with van der Waals surface area (Å²) in [5.41, 5.74) is 2.88. The Kier molecular flexibility index (Phi) is 4.40. The molecule has 1 atom stereocenters. The largest absolute Gasteiger partial charge is 0.307 e. The van der Waals surface area contributed by atoms with Crippen LogP contribution in [-0.2, 0) is 17.8 Å². The number of rotatable bonds is 3. The van der Waals surface area contributed by atoms with Gasteiger partial charge in [-0.2, -0.15) is 5.10 Å². The molecule has 150 valence electrons. The lowest BCUT2D eigenvalue weighted by molar-refractivity contribution is -0.119. The molecule has 1 aliphatic heterocycles. The molecule has 5 rings (SSSR count). The van der Waals surface area contributed by atoms with Crippen LogP contribution in [0.5, 0.6) is 0 Å². The molecule has 30 heavy (non-hydrogen) atoms. The van der Waals surface area contributed by atoms with Gasteiger partial charge in [-0.05, 0) is 43.2 Å². The highest BCUT2D eigenvalue weighted by Crippen LogP contribution is 2.31. The van der Waals surface area contributed by atoms with Crippen molar-refractivity contribution < 1.29 is 4.79 Å². The first-order chi connectivity index (χ1) is 14.5. The minimum atomic E-state index is -0.304. The van der Waals surface area contributed by atoms with Gasteiger partial charge in [-0.15, -0.1) is 0 Å². The number of carbonyl (C=O) groups excluding carboxylic acids is 1. The van der Waals surface area contributed by atoms with Crippen LogP contribution >= 0.6 is 11.6 Å². The van der Waals surface area contributed by atoms with Gasteiger partial charge in [0.1, 0.15) is 18.3 Å². The third-order valence-electron chi connectivity index (χ3n) is 5.39. The average Bonchev–Trinajstić information content (AvgIpc) is 3.30. The van der Waals surface area contributed by atoms with E-state index in [0.29, 0.717) is 21.7 Å². The second-order valence-corrected chi connectivity index (χ2v) is 7.83. The molecule has 1 aliphatic rings.